The Hall–Kier alpha value is -1.71. The fraction of sp³-hybridized carbons (Fsp3) is 0. The molecule has 0 aliphatic carbocycles. The summed E-state index contributed by atoms with van der Waals surface area (Å²) in [6, 6.07) is 4.91. The van der Waals surface area contributed by atoms with Crippen molar-refractivity contribution in [2.45, 2.75) is 0 Å². The molecule has 0 saturated carbocycles. The van der Waals surface area contributed by atoms with Crippen molar-refractivity contribution in [2.24, 2.45) is 0 Å². The minimum Gasteiger partial charge on any atom is -0.399 e. The average molecular weight is 151 g/mol. The lowest BCUT2D eigenvalue weighted by Gasteiger charge is -2.03. The molecule has 0 aromatic heterocycles. The van der Waals surface area contributed by atoms with Gasteiger partial charge in [-0.05, 0) is 18.2 Å². The number of amides is 1. The Kier molecular flexibility index (Phi) is 1.96. The fourth-order valence-electron chi connectivity index (χ4n) is 0.762. The number of hydrogen-bond acceptors (Lipinski definition) is 3. The normalized spacial score (nSPS) is 9.09. The van der Waals surface area contributed by atoms with Gasteiger partial charge in [0.15, 0.2) is 0 Å². The summed E-state index contributed by atoms with van der Waals surface area (Å²) in [6.07, 6.45) is 0.561. The van der Waals surface area contributed by atoms with Gasteiger partial charge in [-0.3, -0.25) is 4.79 Å². The summed E-state index contributed by atoms with van der Waals surface area (Å²) in [5, 5.41) is 2.43. The number of hydrogen-bond donors (Lipinski definition) is 3. The first-order chi connectivity index (χ1) is 5.24. The van der Waals surface area contributed by atoms with Crippen molar-refractivity contribution in [3.63, 3.8) is 0 Å². The van der Waals surface area contributed by atoms with Crippen LogP contribution in [0.25, 0.3) is 0 Å². The lowest BCUT2D eigenvalue weighted by atomic mass is 10.2. The molecule has 0 heterocycles. The number of anilines is 3. The number of carbonyl (C=O) groups is 1. The van der Waals surface area contributed by atoms with Crippen molar-refractivity contribution < 1.29 is 4.79 Å². The van der Waals surface area contributed by atoms with E-state index in [4.69, 9.17) is 11.5 Å². The Morgan fingerprint density at radius 2 is 2.09 bits per heavy atom. The molecule has 1 aromatic rings. The maximum Gasteiger partial charge on any atom is 0.211 e. The van der Waals surface area contributed by atoms with Crippen LogP contribution in [-0.2, 0) is 4.79 Å². The molecule has 0 radical (unpaired) electrons. The first-order valence-corrected chi connectivity index (χ1v) is 3.09. The molecule has 0 fully saturated rings. The monoisotopic (exact) mass is 151 g/mol. The highest BCUT2D eigenvalue weighted by Crippen LogP contribution is 2.19. The highest BCUT2D eigenvalue weighted by molar-refractivity contribution is 5.81. The predicted molar refractivity (Wildman–Crippen MR) is 45.0 cm³/mol. The molecule has 0 spiro atoms. The van der Waals surface area contributed by atoms with Gasteiger partial charge in [0.05, 0.1) is 11.4 Å². The zero-order valence-corrected chi connectivity index (χ0v) is 5.87. The summed E-state index contributed by atoms with van der Waals surface area (Å²) in [5.41, 5.74) is 12.6. The summed E-state index contributed by atoms with van der Waals surface area (Å²) >= 11 is 0. The number of nitrogens with two attached hydrogens (primary N) is 2. The van der Waals surface area contributed by atoms with E-state index in [9.17, 15) is 4.79 Å². The summed E-state index contributed by atoms with van der Waals surface area (Å²) in [6.45, 7) is 0. The molecule has 4 nitrogen and oxygen atoms in total. The Bertz CT molecular complexity index is 272. The minimum atomic E-state index is 0.506. The first-order valence-electron chi connectivity index (χ1n) is 3.09. The molecule has 0 unspecified atom stereocenters. The van der Waals surface area contributed by atoms with Crippen LogP contribution in [-0.4, -0.2) is 6.41 Å². The van der Waals surface area contributed by atoms with Gasteiger partial charge in [-0.15, -0.1) is 0 Å². The zero-order chi connectivity index (χ0) is 8.27. The van der Waals surface area contributed by atoms with E-state index in [0.717, 1.165) is 0 Å². The minimum absolute atomic E-state index is 0.506. The number of carbonyl (C=O) groups excluding carboxylic acids is 1. The molecule has 0 saturated heterocycles. The van der Waals surface area contributed by atoms with Gasteiger partial charge in [0.1, 0.15) is 0 Å². The molecule has 0 aliphatic heterocycles. The van der Waals surface area contributed by atoms with Crippen molar-refractivity contribution in [1.82, 2.24) is 0 Å². The molecule has 11 heavy (non-hydrogen) atoms. The third-order valence-electron chi connectivity index (χ3n) is 1.29. The highest BCUT2D eigenvalue weighted by atomic mass is 16.1. The number of benzene rings is 1. The lowest BCUT2D eigenvalue weighted by molar-refractivity contribution is -0.105. The molecule has 0 atom stereocenters. The van der Waals surface area contributed by atoms with E-state index in [0.29, 0.717) is 23.5 Å². The Balaban J connectivity index is 3.01. The van der Waals surface area contributed by atoms with Gasteiger partial charge in [-0.25, -0.2) is 0 Å². The van der Waals surface area contributed by atoms with Crippen LogP contribution in [0, 0.1) is 0 Å². The molecule has 1 amide bonds. The third-order valence-corrected chi connectivity index (χ3v) is 1.29. The third kappa shape index (κ3) is 1.61. The predicted octanol–water partition coefficient (Wildman–Crippen LogP) is 0.419. The first kappa shape index (κ1) is 7.40. The van der Waals surface area contributed by atoms with E-state index >= 15 is 0 Å². The molecule has 5 N–H and O–H groups in total. The smallest absolute Gasteiger partial charge is 0.211 e. The SMILES string of the molecule is Nc1ccc(N)c(NC=O)c1. The quantitative estimate of drug-likeness (QED) is 0.423. The molecule has 0 bridgehead atoms. The van der Waals surface area contributed by atoms with Crippen molar-refractivity contribution in [3.8, 4) is 0 Å². The Morgan fingerprint density at radius 1 is 1.36 bits per heavy atom. The van der Waals surface area contributed by atoms with E-state index in [-0.39, 0.29) is 0 Å². The highest BCUT2D eigenvalue weighted by Gasteiger charge is 1.96. The number of rotatable bonds is 2. The van der Waals surface area contributed by atoms with Gasteiger partial charge in [-0.2, -0.15) is 0 Å². The standard InChI is InChI=1S/C7H9N3O/c8-5-1-2-6(9)7(3-5)10-4-11/h1-4H,8-9H2,(H,10,11). The van der Waals surface area contributed by atoms with E-state index in [1.165, 1.54) is 0 Å². The van der Waals surface area contributed by atoms with Crippen LogP contribution in [0.4, 0.5) is 17.1 Å². The summed E-state index contributed by atoms with van der Waals surface area (Å²) in [5.74, 6) is 0. The van der Waals surface area contributed by atoms with Gasteiger partial charge < -0.3 is 16.8 Å². The van der Waals surface area contributed by atoms with Gasteiger partial charge in [0, 0.05) is 5.69 Å². The van der Waals surface area contributed by atoms with Crippen LogP contribution in [0.2, 0.25) is 0 Å². The maximum absolute atomic E-state index is 10.0. The van der Waals surface area contributed by atoms with Crippen LogP contribution < -0.4 is 16.8 Å². The van der Waals surface area contributed by atoms with Crippen LogP contribution >= 0.6 is 0 Å². The van der Waals surface area contributed by atoms with Crippen molar-refractivity contribution >= 4 is 23.5 Å². The van der Waals surface area contributed by atoms with Gasteiger partial charge in [0.25, 0.3) is 0 Å². The van der Waals surface area contributed by atoms with Crippen molar-refractivity contribution in [2.75, 3.05) is 16.8 Å². The van der Waals surface area contributed by atoms with E-state index in [2.05, 4.69) is 5.32 Å². The number of nitrogens with one attached hydrogen (secondary N) is 1. The van der Waals surface area contributed by atoms with Gasteiger partial charge in [-0.1, -0.05) is 0 Å². The van der Waals surface area contributed by atoms with Gasteiger partial charge >= 0.3 is 0 Å². The zero-order valence-electron chi connectivity index (χ0n) is 5.87. The van der Waals surface area contributed by atoms with E-state index in [1.807, 2.05) is 0 Å². The molecular formula is C7H9N3O. The summed E-state index contributed by atoms with van der Waals surface area (Å²) in [4.78, 5) is 10.0. The maximum atomic E-state index is 10.0. The van der Waals surface area contributed by atoms with Crippen LogP contribution in [0.3, 0.4) is 0 Å². The second-order valence-electron chi connectivity index (χ2n) is 2.11. The van der Waals surface area contributed by atoms with Gasteiger partial charge in [0.2, 0.25) is 6.41 Å². The summed E-state index contributed by atoms with van der Waals surface area (Å²) < 4.78 is 0. The number of nitrogen functional groups attached to an aromatic ring is 2. The van der Waals surface area contributed by atoms with Crippen LogP contribution in [0.5, 0.6) is 0 Å². The van der Waals surface area contributed by atoms with Crippen LogP contribution in [0.1, 0.15) is 0 Å². The summed E-state index contributed by atoms with van der Waals surface area (Å²) in [7, 11) is 0. The fourth-order valence-corrected chi connectivity index (χ4v) is 0.762. The van der Waals surface area contributed by atoms with Crippen LogP contribution in [0.15, 0.2) is 18.2 Å². The van der Waals surface area contributed by atoms with Crippen molar-refractivity contribution in [1.29, 1.82) is 0 Å². The van der Waals surface area contributed by atoms with Crippen molar-refractivity contribution in [3.05, 3.63) is 18.2 Å². The molecule has 58 valence electrons. The molecule has 4 heteroatoms. The topological polar surface area (TPSA) is 81.1 Å². The molecule has 1 rings (SSSR count). The second kappa shape index (κ2) is 2.92. The molecule has 1 aromatic carbocycles. The second-order valence-corrected chi connectivity index (χ2v) is 2.11. The molecular weight excluding hydrogens is 142 g/mol. The lowest BCUT2D eigenvalue weighted by Crippen LogP contribution is -1.99. The van der Waals surface area contributed by atoms with E-state index < -0.39 is 0 Å². The van der Waals surface area contributed by atoms with E-state index in [1.54, 1.807) is 18.2 Å². The molecule has 0 aliphatic rings. The Morgan fingerprint density at radius 3 is 2.73 bits per heavy atom. The largest absolute Gasteiger partial charge is 0.399 e. The Labute approximate surface area is 64.2 Å². The average Bonchev–Trinajstić information content (AvgIpc) is 1.98.